The largest absolute Gasteiger partial charge is 0.481 e. The van der Waals surface area contributed by atoms with E-state index in [0.717, 1.165) is 0 Å². The van der Waals surface area contributed by atoms with Gasteiger partial charge in [-0.25, -0.2) is 4.79 Å². The molecule has 2 aliphatic heterocycles. The molecule has 27 heavy (non-hydrogen) atoms. The van der Waals surface area contributed by atoms with Gasteiger partial charge in [0.15, 0.2) is 6.04 Å². The third-order valence-electron chi connectivity index (χ3n) is 4.92. The zero-order chi connectivity index (χ0) is 19.8. The van der Waals surface area contributed by atoms with E-state index in [0.29, 0.717) is 18.4 Å². The van der Waals surface area contributed by atoms with E-state index in [1.807, 2.05) is 6.07 Å². The Morgan fingerprint density at radius 3 is 2.26 bits per heavy atom. The highest BCUT2D eigenvalue weighted by atomic mass is 16.6. The zero-order valence-electron chi connectivity index (χ0n) is 15.7. The molecule has 7 nitrogen and oxygen atoms in total. The molecule has 0 saturated carbocycles. The molecule has 0 spiro atoms. The first-order valence-electron chi connectivity index (χ1n) is 9.14. The molecule has 146 valence electrons. The van der Waals surface area contributed by atoms with Crippen LogP contribution in [0.25, 0.3) is 0 Å². The van der Waals surface area contributed by atoms with E-state index in [4.69, 9.17) is 9.47 Å². The number of rotatable bonds is 5. The second-order valence-electron chi connectivity index (χ2n) is 8.07. The Balaban J connectivity index is 1.82. The number of hydrogen-bond acceptors (Lipinski definition) is 5. The number of carboxylic acid groups (broad SMARTS) is 1. The second kappa shape index (κ2) is 7.31. The van der Waals surface area contributed by atoms with Crippen molar-refractivity contribution in [1.82, 2.24) is 5.32 Å². The Hall–Kier alpha value is -2.41. The quantitative estimate of drug-likeness (QED) is 0.764. The smallest absolute Gasteiger partial charge is 0.333 e. The van der Waals surface area contributed by atoms with Gasteiger partial charge in [-0.1, -0.05) is 30.3 Å². The molecular formula is C20H25NO6. The Bertz CT molecular complexity index is 726. The number of carbonyl (C=O) groups excluding carboxylic acids is 2. The van der Waals surface area contributed by atoms with Gasteiger partial charge < -0.3 is 19.9 Å². The molecule has 2 fully saturated rings. The van der Waals surface area contributed by atoms with Gasteiger partial charge in [0.25, 0.3) is 0 Å². The molecule has 7 heteroatoms. The lowest BCUT2D eigenvalue weighted by molar-refractivity contribution is -0.159. The summed E-state index contributed by atoms with van der Waals surface area (Å²) < 4.78 is 11.1. The van der Waals surface area contributed by atoms with Crippen LogP contribution in [0.2, 0.25) is 0 Å². The molecule has 2 heterocycles. The molecule has 2 aliphatic rings. The Kier molecular flexibility index (Phi) is 5.24. The SMILES string of the molecule is CC(C)(C)OC(=O)C(NC(=O)[C@@H]1[C@H](C(=O)O)[C@@H]2CC[C@H]1O2)c1ccccc1. The fourth-order valence-electron chi connectivity index (χ4n) is 3.85. The summed E-state index contributed by atoms with van der Waals surface area (Å²) in [4.78, 5) is 37.3. The number of carboxylic acids is 1. The molecule has 2 bridgehead atoms. The summed E-state index contributed by atoms with van der Waals surface area (Å²) in [5, 5.41) is 12.2. The van der Waals surface area contributed by atoms with Crippen molar-refractivity contribution in [2.75, 3.05) is 0 Å². The van der Waals surface area contributed by atoms with Crippen LogP contribution in [0.5, 0.6) is 0 Å². The fourth-order valence-corrected chi connectivity index (χ4v) is 3.85. The van der Waals surface area contributed by atoms with Crippen LogP contribution < -0.4 is 5.32 Å². The fraction of sp³-hybridized carbons (Fsp3) is 0.550. The minimum Gasteiger partial charge on any atom is -0.481 e. The highest BCUT2D eigenvalue weighted by Crippen LogP contribution is 2.44. The number of ether oxygens (including phenoxy) is 2. The topological polar surface area (TPSA) is 102 Å². The van der Waals surface area contributed by atoms with Gasteiger partial charge in [-0.05, 0) is 39.2 Å². The number of benzene rings is 1. The second-order valence-corrected chi connectivity index (χ2v) is 8.07. The van der Waals surface area contributed by atoms with Crippen molar-refractivity contribution < 1.29 is 29.0 Å². The summed E-state index contributed by atoms with van der Waals surface area (Å²) in [5.41, 5.74) is -0.135. The van der Waals surface area contributed by atoms with E-state index in [1.165, 1.54) is 0 Å². The van der Waals surface area contributed by atoms with Crippen LogP contribution in [0.3, 0.4) is 0 Å². The number of aliphatic carboxylic acids is 1. The van der Waals surface area contributed by atoms with E-state index in [1.54, 1.807) is 45.0 Å². The maximum Gasteiger partial charge on any atom is 0.333 e. The molecule has 0 aliphatic carbocycles. The predicted molar refractivity (Wildman–Crippen MR) is 95.7 cm³/mol. The van der Waals surface area contributed by atoms with Crippen molar-refractivity contribution in [3.63, 3.8) is 0 Å². The number of nitrogens with one attached hydrogen (secondary N) is 1. The zero-order valence-corrected chi connectivity index (χ0v) is 15.7. The molecule has 1 unspecified atom stereocenters. The minimum absolute atomic E-state index is 0.425. The van der Waals surface area contributed by atoms with Crippen molar-refractivity contribution >= 4 is 17.8 Å². The highest BCUT2D eigenvalue weighted by Gasteiger charge is 2.56. The Morgan fingerprint density at radius 1 is 1.11 bits per heavy atom. The minimum atomic E-state index is -1.05. The standard InChI is InChI=1S/C20H25NO6/c1-20(2,3)27-19(25)16(11-7-5-4-6-8-11)21-17(22)14-12-9-10-13(26-12)15(14)18(23)24/h4-8,12-16H,9-10H2,1-3H3,(H,21,22)(H,23,24)/t12-,13+,14+,15-,16?/m1/s1. The molecule has 2 N–H and O–H groups in total. The van der Waals surface area contributed by atoms with Crippen LogP contribution in [-0.2, 0) is 23.9 Å². The normalized spacial score (nSPS) is 27.8. The van der Waals surface area contributed by atoms with Crippen LogP contribution in [-0.4, -0.2) is 40.8 Å². The number of hydrogen-bond donors (Lipinski definition) is 2. The van der Waals surface area contributed by atoms with E-state index < -0.39 is 53.5 Å². The lowest BCUT2D eigenvalue weighted by Crippen LogP contribution is -2.47. The Labute approximate surface area is 158 Å². The number of amides is 1. The maximum absolute atomic E-state index is 12.9. The van der Waals surface area contributed by atoms with Crippen molar-refractivity contribution in [3.05, 3.63) is 35.9 Å². The molecule has 0 radical (unpaired) electrons. The Morgan fingerprint density at radius 2 is 1.70 bits per heavy atom. The molecule has 2 saturated heterocycles. The van der Waals surface area contributed by atoms with Gasteiger partial charge in [0.1, 0.15) is 5.60 Å². The van der Waals surface area contributed by atoms with Crippen molar-refractivity contribution in [3.8, 4) is 0 Å². The summed E-state index contributed by atoms with van der Waals surface area (Å²) >= 11 is 0. The van der Waals surface area contributed by atoms with E-state index in [9.17, 15) is 19.5 Å². The number of carbonyl (C=O) groups is 3. The van der Waals surface area contributed by atoms with Crippen LogP contribution >= 0.6 is 0 Å². The van der Waals surface area contributed by atoms with Gasteiger partial charge in [-0.3, -0.25) is 9.59 Å². The summed E-state index contributed by atoms with van der Waals surface area (Å²) in [6.45, 7) is 5.25. The molecule has 1 aromatic carbocycles. The first-order chi connectivity index (χ1) is 12.7. The number of esters is 1. The third kappa shape index (κ3) is 4.13. The van der Waals surface area contributed by atoms with Crippen LogP contribution in [0, 0.1) is 11.8 Å². The van der Waals surface area contributed by atoms with Crippen LogP contribution in [0.1, 0.15) is 45.2 Å². The summed E-state index contributed by atoms with van der Waals surface area (Å²) in [7, 11) is 0. The average Bonchev–Trinajstić information content (AvgIpc) is 3.19. The van der Waals surface area contributed by atoms with Crippen molar-refractivity contribution in [2.45, 2.75) is 57.5 Å². The van der Waals surface area contributed by atoms with Gasteiger partial charge in [-0.15, -0.1) is 0 Å². The number of fused-ring (bicyclic) bond motifs is 2. The summed E-state index contributed by atoms with van der Waals surface area (Å²) in [6.07, 6.45) is 0.417. The lowest BCUT2D eigenvalue weighted by Gasteiger charge is -2.28. The molecule has 0 aromatic heterocycles. The molecule has 1 aromatic rings. The molecule has 5 atom stereocenters. The lowest BCUT2D eigenvalue weighted by atomic mass is 9.78. The highest BCUT2D eigenvalue weighted by molar-refractivity contribution is 5.90. The first-order valence-corrected chi connectivity index (χ1v) is 9.14. The molecule has 1 amide bonds. The van der Waals surface area contributed by atoms with E-state index in [-0.39, 0.29) is 0 Å². The molecule has 3 rings (SSSR count). The molecular weight excluding hydrogens is 350 g/mol. The summed E-state index contributed by atoms with van der Waals surface area (Å²) in [5.74, 6) is -3.82. The predicted octanol–water partition coefficient (Wildman–Crippen LogP) is 2.06. The van der Waals surface area contributed by atoms with Crippen molar-refractivity contribution in [1.29, 1.82) is 0 Å². The van der Waals surface area contributed by atoms with Gasteiger partial charge >= 0.3 is 11.9 Å². The monoisotopic (exact) mass is 375 g/mol. The average molecular weight is 375 g/mol. The van der Waals surface area contributed by atoms with E-state index in [2.05, 4.69) is 5.32 Å². The van der Waals surface area contributed by atoms with Gasteiger partial charge in [0, 0.05) is 0 Å². The van der Waals surface area contributed by atoms with Gasteiger partial charge in [0.05, 0.1) is 24.0 Å². The van der Waals surface area contributed by atoms with Crippen molar-refractivity contribution in [2.24, 2.45) is 11.8 Å². The van der Waals surface area contributed by atoms with Crippen LogP contribution in [0.15, 0.2) is 30.3 Å². The first kappa shape index (κ1) is 19.4. The van der Waals surface area contributed by atoms with Gasteiger partial charge in [0.2, 0.25) is 5.91 Å². The van der Waals surface area contributed by atoms with Crippen LogP contribution in [0.4, 0.5) is 0 Å². The maximum atomic E-state index is 12.9. The summed E-state index contributed by atoms with van der Waals surface area (Å²) in [6, 6.07) is 7.77. The van der Waals surface area contributed by atoms with E-state index >= 15 is 0 Å². The van der Waals surface area contributed by atoms with Gasteiger partial charge in [-0.2, -0.15) is 0 Å². The third-order valence-corrected chi connectivity index (χ3v) is 4.92.